The van der Waals surface area contributed by atoms with Crippen molar-refractivity contribution in [3.63, 3.8) is 0 Å². The van der Waals surface area contributed by atoms with Crippen molar-refractivity contribution in [1.82, 2.24) is 9.78 Å². The van der Waals surface area contributed by atoms with Crippen molar-refractivity contribution < 1.29 is 18.0 Å². The molecule has 0 bridgehead atoms. The minimum Gasteiger partial charge on any atom is -0.365 e. The maximum absolute atomic E-state index is 14.6. The van der Waals surface area contributed by atoms with E-state index in [1.54, 1.807) is 37.3 Å². The molecule has 27 heavy (non-hydrogen) atoms. The lowest BCUT2D eigenvalue weighted by Crippen LogP contribution is -2.14. The number of carbonyl (C=O) groups excluding carboxylic acids is 1. The highest BCUT2D eigenvalue weighted by Gasteiger charge is 2.28. The van der Waals surface area contributed by atoms with E-state index < -0.39 is 23.8 Å². The number of aryl methyl sites for hydroxylation is 2. The van der Waals surface area contributed by atoms with Gasteiger partial charge in [0.2, 0.25) is 0 Å². The zero-order valence-corrected chi connectivity index (χ0v) is 15.2. The van der Waals surface area contributed by atoms with Crippen LogP contribution in [0.1, 0.15) is 28.0 Å². The monoisotopic (exact) mass is 393 g/mol. The Balaban J connectivity index is 2.34. The van der Waals surface area contributed by atoms with E-state index in [1.165, 1.54) is 13.1 Å². The van der Waals surface area contributed by atoms with Crippen LogP contribution < -0.4 is 5.73 Å². The van der Waals surface area contributed by atoms with Crippen LogP contribution in [0.4, 0.5) is 13.2 Å². The molecule has 0 saturated carbocycles. The fourth-order valence-corrected chi connectivity index (χ4v) is 3.19. The zero-order chi connectivity index (χ0) is 19.9. The highest BCUT2D eigenvalue weighted by Crippen LogP contribution is 2.38. The van der Waals surface area contributed by atoms with Crippen LogP contribution in [0.15, 0.2) is 36.4 Å². The van der Waals surface area contributed by atoms with Gasteiger partial charge >= 0.3 is 0 Å². The third-order valence-electron chi connectivity index (χ3n) is 4.25. The van der Waals surface area contributed by atoms with Gasteiger partial charge in [0.25, 0.3) is 12.3 Å². The Hall–Kier alpha value is -2.80. The van der Waals surface area contributed by atoms with Crippen LogP contribution in [-0.4, -0.2) is 15.7 Å². The molecule has 8 heteroatoms. The van der Waals surface area contributed by atoms with Gasteiger partial charge in [-0.1, -0.05) is 35.9 Å². The number of rotatable bonds is 4. The number of hydrogen-bond acceptors (Lipinski definition) is 2. The predicted octanol–water partition coefficient (Wildman–Crippen LogP) is 4.89. The third kappa shape index (κ3) is 3.30. The number of hydrogen-bond donors (Lipinski definition) is 1. The summed E-state index contributed by atoms with van der Waals surface area (Å²) in [6, 6.07) is 9.30. The number of halogens is 4. The summed E-state index contributed by atoms with van der Waals surface area (Å²) >= 11 is 5.96. The predicted molar refractivity (Wildman–Crippen MR) is 97.3 cm³/mol. The molecule has 0 radical (unpaired) electrons. The van der Waals surface area contributed by atoms with Crippen molar-refractivity contribution in [3.8, 4) is 22.4 Å². The number of benzene rings is 2. The van der Waals surface area contributed by atoms with Crippen molar-refractivity contribution in [3.05, 3.63) is 64.1 Å². The van der Waals surface area contributed by atoms with Crippen LogP contribution in [0.25, 0.3) is 22.4 Å². The number of nitrogens with zero attached hydrogens (tertiary/aromatic N) is 2. The molecule has 2 N–H and O–H groups in total. The molecule has 2 aromatic carbocycles. The second-order valence-electron chi connectivity index (χ2n) is 6.02. The zero-order valence-electron chi connectivity index (χ0n) is 14.4. The SMILES string of the molecule is Cc1cc(-c2ccccc2-c2c(C(N)=O)c(C(F)F)nn2C)c(F)cc1Cl. The second kappa shape index (κ2) is 7.08. The number of amides is 1. The van der Waals surface area contributed by atoms with Gasteiger partial charge in [0, 0.05) is 23.2 Å². The van der Waals surface area contributed by atoms with Gasteiger partial charge in [-0.25, -0.2) is 13.2 Å². The first-order valence-electron chi connectivity index (χ1n) is 7.92. The summed E-state index contributed by atoms with van der Waals surface area (Å²) in [4.78, 5) is 11.9. The molecule has 0 aliphatic carbocycles. The van der Waals surface area contributed by atoms with Gasteiger partial charge < -0.3 is 5.73 Å². The molecular weight excluding hydrogens is 379 g/mol. The summed E-state index contributed by atoms with van der Waals surface area (Å²) in [7, 11) is 1.42. The molecule has 0 saturated heterocycles. The van der Waals surface area contributed by atoms with Gasteiger partial charge in [0.05, 0.1) is 11.3 Å². The summed E-state index contributed by atoms with van der Waals surface area (Å²) in [6.07, 6.45) is -2.98. The van der Waals surface area contributed by atoms with Crippen molar-refractivity contribution in [1.29, 1.82) is 0 Å². The Morgan fingerprint density at radius 2 is 1.81 bits per heavy atom. The summed E-state index contributed by atoms with van der Waals surface area (Å²) in [5.74, 6) is -1.61. The second-order valence-corrected chi connectivity index (χ2v) is 6.43. The number of primary amides is 1. The minimum atomic E-state index is -2.98. The van der Waals surface area contributed by atoms with E-state index in [-0.39, 0.29) is 21.8 Å². The fourth-order valence-electron chi connectivity index (χ4n) is 3.04. The Morgan fingerprint density at radius 1 is 1.19 bits per heavy atom. The number of aromatic nitrogens is 2. The maximum Gasteiger partial charge on any atom is 0.282 e. The lowest BCUT2D eigenvalue weighted by molar-refractivity contribution is 0.0985. The molecule has 1 aromatic heterocycles. The molecule has 0 aliphatic rings. The molecule has 0 unspecified atom stereocenters. The van der Waals surface area contributed by atoms with E-state index in [0.717, 1.165) is 4.68 Å². The highest BCUT2D eigenvalue weighted by atomic mass is 35.5. The van der Waals surface area contributed by atoms with Gasteiger partial charge in [-0.15, -0.1) is 0 Å². The molecule has 0 atom stereocenters. The molecule has 4 nitrogen and oxygen atoms in total. The highest BCUT2D eigenvalue weighted by molar-refractivity contribution is 6.31. The Kier molecular flexibility index (Phi) is 4.97. The Bertz CT molecular complexity index is 1050. The maximum atomic E-state index is 14.6. The topological polar surface area (TPSA) is 60.9 Å². The van der Waals surface area contributed by atoms with Crippen LogP contribution in [0.5, 0.6) is 0 Å². The largest absolute Gasteiger partial charge is 0.365 e. The van der Waals surface area contributed by atoms with Crippen molar-refractivity contribution in [2.75, 3.05) is 0 Å². The van der Waals surface area contributed by atoms with Crippen molar-refractivity contribution in [2.45, 2.75) is 13.3 Å². The molecule has 3 rings (SSSR count). The summed E-state index contributed by atoms with van der Waals surface area (Å²) in [5, 5.41) is 4.02. The third-order valence-corrected chi connectivity index (χ3v) is 4.66. The van der Waals surface area contributed by atoms with E-state index in [1.807, 2.05) is 0 Å². The molecule has 140 valence electrons. The average molecular weight is 394 g/mol. The lowest BCUT2D eigenvalue weighted by Gasteiger charge is -2.13. The molecule has 0 aliphatic heterocycles. The van der Waals surface area contributed by atoms with Crippen molar-refractivity contribution >= 4 is 17.5 Å². The number of alkyl halides is 2. The first kappa shape index (κ1) is 19.0. The van der Waals surface area contributed by atoms with Crippen LogP contribution >= 0.6 is 11.6 Å². The van der Waals surface area contributed by atoms with Gasteiger partial charge in [-0.05, 0) is 30.2 Å². The fraction of sp³-hybridized carbons (Fsp3) is 0.158. The average Bonchev–Trinajstić information content (AvgIpc) is 2.96. The van der Waals surface area contributed by atoms with E-state index in [2.05, 4.69) is 5.10 Å². The van der Waals surface area contributed by atoms with Crippen LogP contribution in [-0.2, 0) is 7.05 Å². The Morgan fingerprint density at radius 3 is 2.41 bits per heavy atom. The van der Waals surface area contributed by atoms with Crippen LogP contribution in [0.3, 0.4) is 0 Å². The molecule has 0 fully saturated rings. The van der Waals surface area contributed by atoms with E-state index >= 15 is 0 Å². The van der Waals surface area contributed by atoms with E-state index in [9.17, 15) is 18.0 Å². The summed E-state index contributed by atoms with van der Waals surface area (Å²) in [6.45, 7) is 1.72. The lowest BCUT2D eigenvalue weighted by atomic mass is 9.94. The molecule has 0 spiro atoms. The van der Waals surface area contributed by atoms with Gasteiger partial charge in [-0.2, -0.15) is 5.10 Å². The first-order chi connectivity index (χ1) is 12.7. The molecular formula is C19H15ClF3N3O. The van der Waals surface area contributed by atoms with Crippen molar-refractivity contribution in [2.24, 2.45) is 12.8 Å². The van der Waals surface area contributed by atoms with E-state index in [4.69, 9.17) is 17.3 Å². The summed E-state index contributed by atoms with van der Waals surface area (Å²) < 4.78 is 42.4. The van der Waals surface area contributed by atoms with Gasteiger partial charge in [-0.3, -0.25) is 9.48 Å². The normalized spacial score (nSPS) is 11.2. The Labute approximate surface area is 158 Å². The van der Waals surface area contributed by atoms with Gasteiger partial charge in [0.1, 0.15) is 11.5 Å². The van der Waals surface area contributed by atoms with Gasteiger partial charge in [0.15, 0.2) is 0 Å². The quantitative estimate of drug-likeness (QED) is 0.685. The standard InChI is InChI=1S/C19H15ClF3N3O/c1-9-7-12(14(21)8-13(9)20)10-5-3-4-6-11(10)17-15(19(24)27)16(18(22)23)25-26(17)2/h3-8,18H,1-2H3,(H2,24,27). The van der Waals surface area contributed by atoms with Crippen LogP contribution in [0, 0.1) is 12.7 Å². The molecule has 3 aromatic rings. The molecule has 1 amide bonds. The number of nitrogens with two attached hydrogens (primary N) is 1. The minimum absolute atomic E-state index is 0.0976. The smallest absolute Gasteiger partial charge is 0.282 e. The summed E-state index contributed by atoms with van der Waals surface area (Å²) in [5.41, 5.74) is 5.99. The van der Waals surface area contributed by atoms with E-state index in [0.29, 0.717) is 16.7 Å². The number of carbonyl (C=O) groups is 1. The first-order valence-corrected chi connectivity index (χ1v) is 8.30. The molecule has 1 heterocycles. The van der Waals surface area contributed by atoms with Crippen LogP contribution in [0.2, 0.25) is 5.02 Å².